The van der Waals surface area contributed by atoms with Gasteiger partial charge in [-0.25, -0.2) is 8.42 Å². The fourth-order valence-electron chi connectivity index (χ4n) is 2.73. The lowest BCUT2D eigenvalue weighted by molar-refractivity contribution is -0.185. The van der Waals surface area contributed by atoms with Crippen molar-refractivity contribution < 1.29 is 75.0 Å². The summed E-state index contributed by atoms with van der Waals surface area (Å²) in [6.45, 7) is -0.596. The van der Waals surface area contributed by atoms with Gasteiger partial charge in [0.15, 0.2) is 0 Å². The minimum absolute atomic E-state index is 0. The van der Waals surface area contributed by atoms with Crippen LogP contribution < -0.4 is 6.15 Å². The molecule has 0 rings (SSSR count). The fraction of sp³-hybridized carbons (Fsp3) is 1.00. The third-order valence-electron chi connectivity index (χ3n) is 4.49. The standard InChI is InChI=1S/C20H36F6O11S2.H3N/c1-16(2,6-32-8-17(3,12-36-38(5,27)28)10-34-14-19(21,22)23)7-33-9-18(4,13-37-39(29,30)31)11-35-15-20(24,25)26;/h6-15H2,1-5H3,(H,29,30,31);1H3. The molecule has 0 bridgehead atoms. The summed E-state index contributed by atoms with van der Waals surface area (Å²) < 4.78 is 159. The predicted molar refractivity (Wildman–Crippen MR) is 128 cm³/mol. The summed E-state index contributed by atoms with van der Waals surface area (Å²) in [7, 11) is -9.06. The average Bonchev–Trinajstić information content (AvgIpc) is 2.68. The van der Waals surface area contributed by atoms with Gasteiger partial charge in [0, 0.05) is 16.2 Å². The highest BCUT2D eigenvalue weighted by Crippen LogP contribution is 2.26. The van der Waals surface area contributed by atoms with E-state index in [1.807, 2.05) is 0 Å². The predicted octanol–water partition coefficient (Wildman–Crippen LogP) is 3.05. The number of rotatable bonds is 20. The molecule has 0 aliphatic rings. The normalized spacial score (nSPS) is 16.7. The minimum atomic E-state index is -5.14. The Morgan fingerprint density at radius 1 is 0.550 bits per heavy atom. The molecule has 4 N–H and O–H groups in total. The molecule has 0 heterocycles. The van der Waals surface area contributed by atoms with Gasteiger partial charge in [0.2, 0.25) is 10.4 Å². The Kier molecular flexibility index (Phi) is 16.7. The smallest absolute Gasteiger partial charge is 0.411 e. The van der Waals surface area contributed by atoms with Crippen molar-refractivity contribution in [2.24, 2.45) is 16.2 Å². The molecule has 0 aliphatic heterocycles. The summed E-state index contributed by atoms with van der Waals surface area (Å²) in [5.41, 5.74) is -3.55. The highest BCUT2D eigenvalue weighted by Gasteiger charge is 2.35. The van der Waals surface area contributed by atoms with Gasteiger partial charge in [0.05, 0.1) is 59.1 Å². The molecule has 0 aromatic carbocycles. The second-order valence-corrected chi connectivity index (χ2v) is 13.3. The van der Waals surface area contributed by atoms with Crippen LogP contribution in [0.25, 0.3) is 0 Å². The van der Waals surface area contributed by atoms with Crippen molar-refractivity contribution in [2.75, 3.05) is 72.3 Å². The van der Waals surface area contributed by atoms with Crippen LogP contribution >= 0.6 is 0 Å². The molecule has 0 aromatic rings. The van der Waals surface area contributed by atoms with E-state index >= 15 is 0 Å². The zero-order valence-corrected chi connectivity index (χ0v) is 24.8. The van der Waals surface area contributed by atoms with E-state index in [1.54, 1.807) is 13.8 Å². The quantitative estimate of drug-likeness (QED) is 0.0887. The fourth-order valence-corrected chi connectivity index (χ4v) is 3.66. The van der Waals surface area contributed by atoms with Crippen LogP contribution in [0.2, 0.25) is 0 Å². The molecule has 244 valence electrons. The van der Waals surface area contributed by atoms with Crippen LogP contribution in [0.1, 0.15) is 27.7 Å². The maximum Gasteiger partial charge on any atom is 0.411 e. The first-order valence-corrected chi connectivity index (χ1v) is 14.3. The van der Waals surface area contributed by atoms with Crippen LogP contribution in [-0.2, 0) is 47.8 Å². The lowest BCUT2D eigenvalue weighted by atomic mass is 9.92. The van der Waals surface area contributed by atoms with Crippen molar-refractivity contribution in [3.05, 3.63) is 0 Å². The van der Waals surface area contributed by atoms with Crippen LogP contribution in [0, 0.1) is 16.2 Å². The second kappa shape index (κ2) is 16.1. The third-order valence-corrected chi connectivity index (χ3v) is 5.44. The van der Waals surface area contributed by atoms with E-state index in [0.717, 1.165) is 6.26 Å². The molecule has 0 fully saturated rings. The Balaban J connectivity index is 0. The summed E-state index contributed by atoms with van der Waals surface area (Å²) in [6.07, 6.45) is -8.48. The van der Waals surface area contributed by atoms with E-state index in [0.29, 0.717) is 0 Å². The number of quaternary nitrogens is 1. The molecule has 0 saturated heterocycles. The molecule has 20 heteroatoms. The van der Waals surface area contributed by atoms with Crippen LogP contribution in [-0.4, -0.2) is 106 Å². The summed E-state index contributed by atoms with van der Waals surface area (Å²) >= 11 is 0. The van der Waals surface area contributed by atoms with E-state index < -0.39 is 88.8 Å². The molecular weight excluding hydrogens is 608 g/mol. The second-order valence-electron chi connectivity index (χ2n) is 10.6. The summed E-state index contributed by atoms with van der Waals surface area (Å²) in [5, 5.41) is 0. The van der Waals surface area contributed by atoms with E-state index in [2.05, 4.69) is 13.7 Å². The maximum atomic E-state index is 12.4. The lowest BCUT2D eigenvalue weighted by Crippen LogP contribution is -2.39. The van der Waals surface area contributed by atoms with Crippen LogP contribution in [0.15, 0.2) is 0 Å². The van der Waals surface area contributed by atoms with Gasteiger partial charge in [-0.3, -0.25) is 8.37 Å². The zero-order chi connectivity index (χ0) is 30.8. The Bertz CT molecular complexity index is 872. The highest BCUT2D eigenvalue weighted by molar-refractivity contribution is 7.86. The van der Waals surface area contributed by atoms with Crippen molar-refractivity contribution in [3.63, 3.8) is 0 Å². The lowest BCUT2D eigenvalue weighted by Gasteiger charge is -2.33. The Hall–Kier alpha value is -0.840. The van der Waals surface area contributed by atoms with Gasteiger partial charge < -0.3 is 29.7 Å². The number of halogens is 6. The van der Waals surface area contributed by atoms with Gasteiger partial charge in [-0.05, 0) is 0 Å². The minimum Gasteiger partial charge on any atom is -0.726 e. The van der Waals surface area contributed by atoms with Crippen LogP contribution in [0.3, 0.4) is 0 Å². The van der Waals surface area contributed by atoms with E-state index in [1.165, 1.54) is 13.8 Å². The first kappa shape index (κ1) is 41.3. The van der Waals surface area contributed by atoms with Crippen molar-refractivity contribution in [3.8, 4) is 0 Å². The van der Waals surface area contributed by atoms with Crippen molar-refractivity contribution in [1.82, 2.24) is 6.15 Å². The van der Waals surface area contributed by atoms with Crippen molar-refractivity contribution in [1.29, 1.82) is 0 Å². The summed E-state index contributed by atoms with van der Waals surface area (Å²) in [5.74, 6) is 0. The highest BCUT2D eigenvalue weighted by atomic mass is 32.3. The SMILES string of the molecule is CC(C)(COCC(C)(COCC(F)(F)F)COS(C)(=O)=O)COCC(C)(COCC(F)(F)F)COS(=O)(=O)[O-].[NH4+]. The van der Waals surface area contributed by atoms with Gasteiger partial charge in [-0.15, -0.1) is 0 Å². The molecule has 2 atom stereocenters. The first-order valence-electron chi connectivity index (χ1n) is 11.1. The molecule has 0 saturated carbocycles. The molecular formula is C20H39F6NO11S2. The summed E-state index contributed by atoms with van der Waals surface area (Å²) in [6, 6.07) is 0. The van der Waals surface area contributed by atoms with Gasteiger partial charge >= 0.3 is 12.4 Å². The first-order chi connectivity index (χ1) is 17.2. The number of ether oxygens (including phenoxy) is 4. The van der Waals surface area contributed by atoms with Crippen molar-refractivity contribution in [2.45, 2.75) is 40.0 Å². The molecule has 0 amide bonds. The Labute approximate surface area is 230 Å². The molecule has 40 heavy (non-hydrogen) atoms. The number of hydrogen-bond acceptors (Lipinski definition) is 11. The average molecular weight is 648 g/mol. The van der Waals surface area contributed by atoms with Gasteiger partial charge in [-0.2, -0.15) is 34.8 Å². The molecule has 12 nitrogen and oxygen atoms in total. The van der Waals surface area contributed by atoms with Crippen LogP contribution in [0.4, 0.5) is 26.3 Å². The Morgan fingerprint density at radius 2 is 0.850 bits per heavy atom. The van der Waals surface area contributed by atoms with Crippen LogP contribution in [0.5, 0.6) is 0 Å². The topological polar surface area (TPSA) is 183 Å². The van der Waals surface area contributed by atoms with E-state index in [4.69, 9.17) is 13.7 Å². The third kappa shape index (κ3) is 23.8. The molecule has 2 unspecified atom stereocenters. The summed E-state index contributed by atoms with van der Waals surface area (Å²) in [4.78, 5) is 0. The number of alkyl halides is 6. The van der Waals surface area contributed by atoms with Gasteiger partial charge in [0.1, 0.15) is 13.2 Å². The Morgan fingerprint density at radius 3 is 1.12 bits per heavy atom. The van der Waals surface area contributed by atoms with Gasteiger partial charge in [-0.1, -0.05) is 27.7 Å². The van der Waals surface area contributed by atoms with E-state index in [9.17, 15) is 47.7 Å². The largest absolute Gasteiger partial charge is 0.726 e. The molecule has 0 aromatic heterocycles. The molecule has 0 radical (unpaired) electrons. The zero-order valence-electron chi connectivity index (χ0n) is 23.1. The molecule has 0 aliphatic carbocycles. The van der Waals surface area contributed by atoms with Gasteiger partial charge in [0.25, 0.3) is 10.1 Å². The molecule has 0 spiro atoms. The van der Waals surface area contributed by atoms with Crippen molar-refractivity contribution >= 4 is 20.5 Å². The van der Waals surface area contributed by atoms with E-state index in [-0.39, 0.29) is 32.6 Å². The number of hydrogen-bond donors (Lipinski definition) is 1. The maximum absolute atomic E-state index is 12.4. The monoisotopic (exact) mass is 647 g/mol.